The highest BCUT2D eigenvalue weighted by Crippen LogP contribution is 2.89. The van der Waals surface area contributed by atoms with Crippen molar-refractivity contribution in [1.29, 1.82) is 0 Å². The monoisotopic (exact) mass is 587 g/mol. The molecule has 1 saturated carbocycles. The summed E-state index contributed by atoms with van der Waals surface area (Å²) in [5.74, 6) is 2.93. The lowest BCUT2D eigenvalue weighted by atomic mass is 9.67. The molecule has 1 aromatic heterocycles. The van der Waals surface area contributed by atoms with E-state index in [1.165, 1.54) is 22.3 Å². The van der Waals surface area contributed by atoms with Gasteiger partial charge in [-0.25, -0.2) is 4.98 Å². The van der Waals surface area contributed by atoms with Crippen molar-refractivity contribution in [2.45, 2.75) is 28.3 Å². The van der Waals surface area contributed by atoms with Crippen LogP contribution in [0.2, 0.25) is 0 Å². The predicted molar refractivity (Wildman–Crippen MR) is 176 cm³/mol. The lowest BCUT2D eigenvalue weighted by molar-refractivity contribution is 0.117. The van der Waals surface area contributed by atoms with Crippen molar-refractivity contribution in [1.82, 2.24) is 14.5 Å². The topological polar surface area (TPSA) is 38.1 Å². The fraction of sp³-hybridized carbons (Fsp3) is 0.179. The summed E-state index contributed by atoms with van der Waals surface area (Å²) in [5.41, 5.74) is 5.60. The number of piperidine rings is 1. The van der Waals surface area contributed by atoms with Crippen molar-refractivity contribution in [3.05, 3.63) is 178 Å². The minimum absolute atomic E-state index is 0.00987. The lowest BCUT2D eigenvalue weighted by Gasteiger charge is -2.44. The molecule has 0 unspecified atom stereocenters. The van der Waals surface area contributed by atoms with Crippen molar-refractivity contribution >= 4 is 22.7 Å². The zero-order valence-electron chi connectivity index (χ0n) is 24.0. The van der Waals surface area contributed by atoms with Gasteiger partial charge in [0.2, 0.25) is 0 Å². The SMILES string of the molecule is O=c1c2ccccc2nc2n1-c1ccccc1[C@@]21N2CSC[C@@H]2[C@]2(c3ccccc3)[C@@H](c3ccccc3)[C@@]21c1ccccc1. The van der Waals surface area contributed by atoms with Gasteiger partial charge in [-0.05, 0) is 34.9 Å². The number of hydrogen-bond acceptors (Lipinski definition) is 4. The third-order valence-corrected chi connectivity index (χ3v) is 12.1. The third-order valence-electron chi connectivity index (χ3n) is 11.1. The zero-order valence-corrected chi connectivity index (χ0v) is 24.8. The molecule has 4 heterocycles. The van der Waals surface area contributed by atoms with E-state index in [1.54, 1.807) is 0 Å². The maximum absolute atomic E-state index is 14.6. The second-order valence-electron chi connectivity index (χ2n) is 12.6. The van der Waals surface area contributed by atoms with Crippen molar-refractivity contribution in [3.8, 4) is 5.69 Å². The van der Waals surface area contributed by atoms with E-state index in [0.29, 0.717) is 5.39 Å². The highest BCUT2D eigenvalue weighted by molar-refractivity contribution is 7.99. The molecule has 6 aromatic rings. The van der Waals surface area contributed by atoms with Crippen LogP contribution in [0.5, 0.6) is 0 Å². The summed E-state index contributed by atoms with van der Waals surface area (Å²) in [6.07, 6.45) is 0. The Morgan fingerprint density at radius 2 is 1.34 bits per heavy atom. The minimum Gasteiger partial charge on any atom is -0.272 e. The Morgan fingerprint density at radius 1 is 0.705 bits per heavy atom. The van der Waals surface area contributed by atoms with Crippen LogP contribution in [0, 0.1) is 0 Å². The first-order valence-electron chi connectivity index (χ1n) is 15.4. The summed E-state index contributed by atoms with van der Waals surface area (Å²) in [5, 5.41) is 0.659. The number of para-hydroxylation sites is 2. The number of fused-ring (bicyclic) bond motifs is 11. The molecule has 212 valence electrons. The molecule has 5 heteroatoms. The number of nitrogens with zero attached hydrogens (tertiary/aromatic N) is 3. The molecular formula is C39H29N3OS. The van der Waals surface area contributed by atoms with E-state index in [4.69, 9.17) is 4.98 Å². The molecule has 1 spiro atoms. The molecule has 5 atom stereocenters. The normalized spacial score (nSPS) is 29.4. The van der Waals surface area contributed by atoms with Crippen LogP contribution in [0.4, 0.5) is 0 Å². The first kappa shape index (κ1) is 24.9. The van der Waals surface area contributed by atoms with Crippen molar-refractivity contribution in [2.24, 2.45) is 0 Å². The highest BCUT2D eigenvalue weighted by Gasteiger charge is 2.95. The average molecular weight is 588 g/mol. The molecule has 2 saturated heterocycles. The lowest BCUT2D eigenvalue weighted by Crippen LogP contribution is -2.53. The van der Waals surface area contributed by atoms with Gasteiger partial charge < -0.3 is 0 Å². The predicted octanol–water partition coefficient (Wildman–Crippen LogP) is 7.00. The molecule has 3 fully saturated rings. The molecule has 1 aliphatic carbocycles. The van der Waals surface area contributed by atoms with Crippen molar-refractivity contribution in [3.63, 3.8) is 0 Å². The fourth-order valence-electron chi connectivity index (χ4n) is 9.98. The molecule has 5 aromatic carbocycles. The van der Waals surface area contributed by atoms with Crippen molar-refractivity contribution in [2.75, 3.05) is 11.6 Å². The Labute approximate surface area is 260 Å². The first-order valence-corrected chi connectivity index (χ1v) is 16.6. The molecular weight excluding hydrogens is 559 g/mol. The quantitative estimate of drug-likeness (QED) is 0.223. The number of rotatable bonds is 3. The van der Waals surface area contributed by atoms with Gasteiger partial charge in [0.05, 0.1) is 16.6 Å². The summed E-state index contributed by atoms with van der Waals surface area (Å²) in [7, 11) is 0. The second kappa shape index (κ2) is 8.59. The van der Waals surface area contributed by atoms with Gasteiger partial charge in [0.1, 0.15) is 11.4 Å². The van der Waals surface area contributed by atoms with Crippen LogP contribution in [0.3, 0.4) is 0 Å². The van der Waals surface area contributed by atoms with Crippen LogP contribution < -0.4 is 5.56 Å². The second-order valence-corrected chi connectivity index (χ2v) is 13.6. The summed E-state index contributed by atoms with van der Waals surface area (Å²) in [6.45, 7) is 0. The standard InChI is InChI=1S/C39H29N3OS/c43-35-29-20-10-12-22-31(29)40-36-39(30-21-11-13-23-32(30)42(35)36)38(28-18-8-3-9-19-28)34(26-14-4-1-5-15-26)37(38,27-16-6-2-7-17-27)33-24-44-25-41(33)39/h1-23,33-34H,24-25H2/t33-,34-,37-,38+,39-/m1/s1. The number of benzene rings is 5. The largest absolute Gasteiger partial charge is 0.272 e. The van der Waals surface area contributed by atoms with Crippen molar-refractivity contribution < 1.29 is 0 Å². The van der Waals surface area contributed by atoms with Crippen LogP contribution in [-0.4, -0.2) is 32.1 Å². The van der Waals surface area contributed by atoms with E-state index in [9.17, 15) is 4.79 Å². The molecule has 3 aliphatic heterocycles. The Balaban J connectivity index is 1.45. The molecule has 10 rings (SSSR count). The molecule has 0 amide bonds. The molecule has 4 nitrogen and oxygen atoms in total. The molecule has 0 N–H and O–H groups in total. The van der Waals surface area contributed by atoms with Gasteiger partial charge in [-0.15, -0.1) is 11.8 Å². The van der Waals surface area contributed by atoms with Gasteiger partial charge in [0.15, 0.2) is 0 Å². The van der Waals surface area contributed by atoms with Crippen LogP contribution in [0.1, 0.15) is 34.0 Å². The maximum atomic E-state index is 14.6. The van der Waals surface area contributed by atoms with Crippen LogP contribution in [-0.2, 0) is 16.4 Å². The van der Waals surface area contributed by atoms with Gasteiger partial charge in [0, 0.05) is 40.0 Å². The summed E-state index contributed by atoms with van der Waals surface area (Å²) < 4.78 is 1.96. The summed E-state index contributed by atoms with van der Waals surface area (Å²) in [6, 6.07) is 50.2. The molecule has 0 bridgehead atoms. The zero-order chi connectivity index (χ0) is 29.1. The van der Waals surface area contributed by atoms with E-state index in [0.717, 1.165) is 28.7 Å². The summed E-state index contributed by atoms with van der Waals surface area (Å²) in [4.78, 5) is 22.9. The van der Waals surface area contributed by atoms with E-state index in [2.05, 4.69) is 120 Å². The van der Waals surface area contributed by atoms with Gasteiger partial charge in [0.25, 0.3) is 5.56 Å². The van der Waals surface area contributed by atoms with E-state index in [1.807, 2.05) is 40.6 Å². The fourth-order valence-corrected chi connectivity index (χ4v) is 11.3. The number of hydrogen-bond donors (Lipinski definition) is 0. The Morgan fingerprint density at radius 3 is 2.11 bits per heavy atom. The van der Waals surface area contributed by atoms with E-state index in [-0.39, 0.29) is 22.9 Å². The smallest absolute Gasteiger partial charge is 0.266 e. The minimum atomic E-state index is -0.668. The molecule has 44 heavy (non-hydrogen) atoms. The van der Waals surface area contributed by atoms with E-state index >= 15 is 0 Å². The van der Waals surface area contributed by atoms with Crippen LogP contribution in [0.15, 0.2) is 144 Å². The van der Waals surface area contributed by atoms with Gasteiger partial charge in [-0.3, -0.25) is 14.3 Å². The Kier molecular flexibility index (Phi) is 4.87. The van der Waals surface area contributed by atoms with Gasteiger partial charge >= 0.3 is 0 Å². The first-order chi connectivity index (χ1) is 21.8. The van der Waals surface area contributed by atoms with Crippen LogP contribution in [0.25, 0.3) is 16.6 Å². The third kappa shape index (κ3) is 2.58. The number of aromatic nitrogens is 2. The number of thioether (sulfide) groups is 1. The van der Waals surface area contributed by atoms with E-state index < -0.39 is 11.0 Å². The average Bonchev–Trinajstić information content (AvgIpc) is 3.32. The maximum Gasteiger partial charge on any atom is 0.266 e. The van der Waals surface area contributed by atoms with Gasteiger partial charge in [-0.2, -0.15) is 0 Å². The molecule has 4 aliphatic rings. The summed E-state index contributed by atoms with van der Waals surface area (Å²) >= 11 is 2.01. The molecule has 0 radical (unpaired) electrons. The Hall–Kier alpha value is -4.45. The Bertz CT molecular complexity index is 2170. The van der Waals surface area contributed by atoms with Gasteiger partial charge in [-0.1, -0.05) is 121 Å². The van der Waals surface area contributed by atoms with Crippen LogP contribution >= 0.6 is 11.8 Å². The highest BCUT2D eigenvalue weighted by atomic mass is 32.2.